The zero-order chi connectivity index (χ0) is 17.4. The van der Waals surface area contributed by atoms with Crippen molar-refractivity contribution < 1.29 is 4.79 Å². The fraction of sp³-hybridized carbons (Fsp3) is 0.111. The number of pyridine rings is 2. The van der Waals surface area contributed by atoms with Crippen molar-refractivity contribution in [3.63, 3.8) is 0 Å². The van der Waals surface area contributed by atoms with E-state index in [1.54, 1.807) is 17.5 Å². The van der Waals surface area contributed by atoms with E-state index in [0.717, 1.165) is 32.6 Å². The van der Waals surface area contributed by atoms with Gasteiger partial charge in [0.15, 0.2) is 5.13 Å². The first-order valence-corrected chi connectivity index (χ1v) is 9.40. The highest BCUT2D eigenvalue weighted by molar-refractivity contribution is 7.17. The van der Waals surface area contributed by atoms with Crippen molar-refractivity contribution in [1.82, 2.24) is 15.0 Å². The van der Waals surface area contributed by atoms with E-state index < -0.39 is 0 Å². The number of carbonyl (C=O) groups excluding carboxylic acids is 1. The van der Waals surface area contributed by atoms with E-state index in [9.17, 15) is 4.79 Å². The molecule has 124 valence electrons. The van der Waals surface area contributed by atoms with Crippen LogP contribution in [0.1, 0.15) is 21.7 Å². The molecular formula is C18H14N4OS2. The molecule has 0 aliphatic heterocycles. The lowest BCUT2D eigenvalue weighted by molar-refractivity contribution is 0.102. The Morgan fingerprint density at radius 2 is 2.00 bits per heavy atom. The van der Waals surface area contributed by atoms with Crippen molar-refractivity contribution >= 4 is 43.9 Å². The van der Waals surface area contributed by atoms with Gasteiger partial charge in [-0.3, -0.25) is 15.1 Å². The van der Waals surface area contributed by atoms with Crippen LogP contribution >= 0.6 is 22.7 Å². The Morgan fingerprint density at radius 1 is 1.12 bits per heavy atom. The summed E-state index contributed by atoms with van der Waals surface area (Å²) in [7, 11) is 0. The highest BCUT2D eigenvalue weighted by Gasteiger charge is 2.16. The Morgan fingerprint density at radius 3 is 2.76 bits per heavy atom. The minimum atomic E-state index is -0.259. The van der Waals surface area contributed by atoms with E-state index >= 15 is 0 Å². The molecule has 4 aromatic rings. The minimum absolute atomic E-state index is 0.259. The van der Waals surface area contributed by atoms with Crippen LogP contribution in [0.2, 0.25) is 0 Å². The lowest BCUT2D eigenvalue weighted by Gasteiger charge is -2.09. The van der Waals surface area contributed by atoms with Gasteiger partial charge in [-0.2, -0.15) is 0 Å². The summed E-state index contributed by atoms with van der Waals surface area (Å²) in [5, 5.41) is 7.28. The molecule has 4 heterocycles. The second-order valence-electron chi connectivity index (χ2n) is 5.63. The average Bonchev–Trinajstić information content (AvgIpc) is 3.23. The van der Waals surface area contributed by atoms with E-state index in [-0.39, 0.29) is 5.91 Å². The summed E-state index contributed by atoms with van der Waals surface area (Å²) >= 11 is 3.02. The van der Waals surface area contributed by atoms with Crippen LogP contribution in [0.4, 0.5) is 5.13 Å². The highest BCUT2D eigenvalue weighted by atomic mass is 32.1. The molecule has 0 unspecified atom stereocenters. The number of hydrogen-bond acceptors (Lipinski definition) is 6. The van der Waals surface area contributed by atoms with Gasteiger partial charge >= 0.3 is 0 Å². The Balaban J connectivity index is 1.80. The SMILES string of the molecule is Cc1csc(NC(=O)c2cc(-c3cnccc3C)c3sccc3n2)n1. The summed E-state index contributed by atoms with van der Waals surface area (Å²) in [6.07, 6.45) is 3.60. The summed E-state index contributed by atoms with van der Waals surface area (Å²) in [6.45, 7) is 3.93. The topological polar surface area (TPSA) is 67.8 Å². The van der Waals surface area contributed by atoms with Crippen LogP contribution in [0.5, 0.6) is 0 Å². The molecule has 1 N–H and O–H groups in total. The van der Waals surface area contributed by atoms with Crippen LogP contribution in [0, 0.1) is 13.8 Å². The molecule has 1 amide bonds. The first-order chi connectivity index (χ1) is 12.1. The molecule has 0 aromatic carbocycles. The number of carbonyl (C=O) groups is 1. The molecule has 5 nitrogen and oxygen atoms in total. The molecule has 0 atom stereocenters. The quantitative estimate of drug-likeness (QED) is 0.571. The molecule has 25 heavy (non-hydrogen) atoms. The van der Waals surface area contributed by atoms with Gasteiger partial charge in [0.25, 0.3) is 5.91 Å². The number of aromatic nitrogens is 3. The zero-order valence-corrected chi connectivity index (χ0v) is 15.2. The first kappa shape index (κ1) is 15.9. The van der Waals surface area contributed by atoms with E-state index in [1.807, 2.05) is 49.0 Å². The van der Waals surface area contributed by atoms with E-state index in [0.29, 0.717) is 10.8 Å². The molecule has 0 fully saturated rings. The number of amides is 1. The van der Waals surface area contributed by atoms with Gasteiger partial charge in [0, 0.05) is 28.9 Å². The molecule has 7 heteroatoms. The molecule has 0 saturated carbocycles. The summed E-state index contributed by atoms with van der Waals surface area (Å²) in [6, 6.07) is 5.73. The van der Waals surface area contributed by atoms with Crippen molar-refractivity contribution in [1.29, 1.82) is 0 Å². The lowest BCUT2D eigenvalue weighted by atomic mass is 10.0. The molecule has 0 radical (unpaired) electrons. The van der Waals surface area contributed by atoms with Gasteiger partial charge in [-0.05, 0) is 43.0 Å². The van der Waals surface area contributed by atoms with E-state index in [4.69, 9.17) is 0 Å². The first-order valence-electron chi connectivity index (χ1n) is 7.64. The Labute approximate surface area is 152 Å². The third-order valence-electron chi connectivity index (χ3n) is 3.81. The van der Waals surface area contributed by atoms with Crippen LogP contribution in [0.3, 0.4) is 0 Å². The van der Waals surface area contributed by atoms with Crippen LogP contribution in [-0.4, -0.2) is 20.9 Å². The molecule has 0 aliphatic carbocycles. The van der Waals surface area contributed by atoms with Crippen molar-refractivity contribution in [2.24, 2.45) is 0 Å². The summed E-state index contributed by atoms with van der Waals surface area (Å²) < 4.78 is 1.05. The second kappa shape index (κ2) is 6.34. The second-order valence-corrected chi connectivity index (χ2v) is 7.40. The molecular weight excluding hydrogens is 352 g/mol. The van der Waals surface area contributed by atoms with Crippen LogP contribution < -0.4 is 5.32 Å². The molecule has 0 aliphatic rings. The number of thiophene rings is 1. The number of anilines is 1. The van der Waals surface area contributed by atoms with Crippen molar-refractivity contribution in [2.75, 3.05) is 5.32 Å². The Kier molecular flexibility index (Phi) is 4.03. The van der Waals surface area contributed by atoms with Crippen molar-refractivity contribution in [3.05, 3.63) is 58.3 Å². The van der Waals surface area contributed by atoms with E-state index in [2.05, 4.69) is 20.3 Å². The molecule has 4 rings (SSSR count). The van der Waals surface area contributed by atoms with Crippen LogP contribution in [-0.2, 0) is 0 Å². The summed E-state index contributed by atoms with van der Waals surface area (Å²) in [5.74, 6) is -0.259. The van der Waals surface area contributed by atoms with Crippen molar-refractivity contribution in [2.45, 2.75) is 13.8 Å². The predicted octanol–water partition coefficient (Wildman–Crippen LogP) is 4.68. The molecule has 0 bridgehead atoms. The van der Waals surface area contributed by atoms with Gasteiger partial charge < -0.3 is 0 Å². The van der Waals surface area contributed by atoms with Gasteiger partial charge in [0.2, 0.25) is 0 Å². The number of aryl methyl sites for hydroxylation is 2. The number of nitrogens with zero attached hydrogens (tertiary/aromatic N) is 3. The van der Waals surface area contributed by atoms with Crippen LogP contribution in [0.25, 0.3) is 21.3 Å². The number of nitrogens with one attached hydrogen (secondary N) is 1. The lowest BCUT2D eigenvalue weighted by Crippen LogP contribution is -2.13. The van der Waals surface area contributed by atoms with Gasteiger partial charge in [-0.1, -0.05) is 0 Å². The van der Waals surface area contributed by atoms with Crippen molar-refractivity contribution in [3.8, 4) is 11.1 Å². The molecule has 0 saturated heterocycles. The Bertz CT molecular complexity index is 1080. The normalized spacial score (nSPS) is 11.0. The fourth-order valence-corrected chi connectivity index (χ4v) is 4.14. The predicted molar refractivity (Wildman–Crippen MR) is 102 cm³/mol. The number of rotatable bonds is 3. The van der Waals surface area contributed by atoms with Gasteiger partial charge in [0.05, 0.1) is 15.9 Å². The smallest absolute Gasteiger partial charge is 0.276 e. The van der Waals surface area contributed by atoms with Gasteiger partial charge in [-0.25, -0.2) is 9.97 Å². The van der Waals surface area contributed by atoms with Gasteiger partial charge in [-0.15, -0.1) is 22.7 Å². The Hall–Kier alpha value is -2.64. The molecule has 0 spiro atoms. The standard InChI is InChI=1S/C18H14N4OS2/c1-10-3-5-19-8-13(10)12-7-15(21-14-4-6-24-16(12)14)17(23)22-18-20-11(2)9-25-18/h3-9H,1-2H3,(H,20,22,23). The van der Waals surface area contributed by atoms with Gasteiger partial charge in [0.1, 0.15) is 5.69 Å². The third-order valence-corrected chi connectivity index (χ3v) is 5.62. The van der Waals surface area contributed by atoms with E-state index in [1.165, 1.54) is 11.3 Å². The number of thiazole rings is 1. The average molecular weight is 366 g/mol. The highest BCUT2D eigenvalue weighted by Crippen LogP contribution is 2.33. The minimum Gasteiger partial charge on any atom is -0.296 e. The summed E-state index contributed by atoms with van der Waals surface area (Å²) in [5.41, 5.74) is 5.16. The summed E-state index contributed by atoms with van der Waals surface area (Å²) in [4.78, 5) is 25.7. The maximum Gasteiger partial charge on any atom is 0.276 e. The monoisotopic (exact) mass is 366 g/mol. The number of hydrogen-bond donors (Lipinski definition) is 1. The molecule has 4 aromatic heterocycles. The fourth-order valence-electron chi connectivity index (χ4n) is 2.59. The third kappa shape index (κ3) is 3.04. The number of fused-ring (bicyclic) bond motifs is 1. The maximum atomic E-state index is 12.6. The maximum absolute atomic E-state index is 12.6. The zero-order valence-electron chi connectivity index (χ0n) is 13.6. The van der Waals surface area contributed by atoms with Crippen LogP contribution in [0.15, 0.2) is 41.4 Å². The largest absolute Gasteiger partial charge is 0.296 e.